The van der Waals surface area contributed by atoms with Crippen LogP contribution in [0.5, 0.6) is 0 Å². The van der Waals surface area contributed by atoms with Crippen LogP contribution in [0.3, 0.4) is 0 Å². The van der Waals surface area contributed by atoms with Crippen LogP contribution in [0.2, 0.25) is 0 Å². The Morgan fingerprint density at radius 2 is 1.51 bits per heavy atom. The number of esters is 2. The largest absolute Gasteiger partial charge is 0.457 e. The summed E-state index contributed by atoms with van der Waals surface area (Å²) in [7, 11) is 5.13. The van der Waals surface area contributed by atoms with Crippen molar-refractivity contribution in [3.63, 3.8) is 0 Å². The van der Waals surface area contributed by atoms with Crippen LogP contribution in [0.4, 0.5) is 9.59 Å². The lowest BCUT2D eigenvalue weighted by molar-refractivity contribution is -0.294. The monoisotopic (exact) mass is 979 g/mol. The third-order valence-electron chi connectivity index (χ3n) is 13.8. The predicted octanol–water partition coefficient (Wildman–Crippen LogP) is 6.22. The van der Waals surface area contributed by atoms with Crippen LogP contribution < -0.4 is 10.7 Å². The fourth-order valence-corrected chi connectivity index (χ4v) is 10.1. The molecule has 3 fully saturated rings. The predicted molar refractivity (Wildman–Crippen MR) is 256 cm³/mol. The highest BCUT2D eigenvalue weighted by atomic mass is 16.7. The number of hydrazine groups is 1. The van der Waals surface area contributed by atoms with Crippen molar-refractivity contribution in [2.75, 3.05) is 21.2 Å². The summed E-state index contributed by atoms with van der Waals surface area (Å²) in [5, 5.41) is 3.55. The number of hydrogen-bond acceptors (Lipinski definition) is 15. The molecule has 70 heavy (non-hydrogen) atoms. The Hall–Kier alpha value is -5.43. The van der Waals surface area contributed by atoms with Gasteiger partial charge in [-0.25, -0.2) is 19.4 Å². The van der Waals surface area contributed by atoms with Crippen LogP contribution in [0.1, 0.15) is 111 Å². The lowest BCUT2D eigenvalue weighted by Crippen LogP contribution is -2.63. The number of carbonyl (C=O) groups excluding carboxylic acids is 7. The molecule has 5 rings (SSSR count). The van der Waals surface area contributed by atoms with Crippen LogP contribution in [0.25, 0.3) is 0 Å². The van der Waals surface area contributed by atoms with Crippen molar-refractivity contribution in [1.29, 1.82) is 0 Å². The van der Waals surface area contributed by atoms with E-state index in [1.807, 2.05) is 25.9 Å². The number of ketones is 2. The molecule has 14 atom stereocenters. The van der Waals surface area contributed by atoms with Crippen LogP contribution in [-0.2, 0) is 58.8 Å². The molecule has 18 heteroatoms. The average Bonchev–Trinajstić information content (AvgIpc) is 3.56. The quantitative estimate of drug-likeness (QED) is 0.137. The Morgan fingerprint density at radius 1 is 0.900 bits per heavy atom. The molecular weight excluding hydrogens is 905 g/mol. The first-order valence-electron chi connectivity index (χ1n) is 24.2. The Balaban J connectivity index is 1.55. The molecule has 0 saturated carbocycles. The fourth-order valence-electron chi connectivity index (χ4n) is 10.1. The van der Waals surface area contributed by atoms with E-state index in [9.17, 15) is 28.8 Å². The number of Topliss-reactive ketones (excluding diaryl/α,β-unsaturated/α-hetero) is 2. The molecule has 0 unspecified atom stereocenters. The SMILES string of the molecule is CC[C@H]1OC(=O)[C@H](C)C(=O)[C@H](C)[C@@H](O[C@@H]2O[C@H](C)C[C@H](N(C)C)[C@H]2OC(=O)c2ccccc2)[C@](C)(OC)C[C@@H](C)C(=O)[C@H](C)[C@H]2N(NC(=O)[C@H](Cc3ccccc3)NC(=O)OC(C)(C)C)C(=O)O[C@]12C. The van der Waals surface area contributed by atoms with Crippen LogP contribution in [0, 0.1) is 23.7 Å². The number of alkyl carbamates (subject to hydrolysis) is 1. The lowest BCUT2D eigenvalue weighted by Gasteiger charge is -2.47. The topological polar surface area (TPSA) is 215 Å². The van der Waals surface area contributed by atoms with Gasteiger partial charge in [0.1, 0.15) is 35.5 Å². The van der Waals surface area contributed by atoms with Crippen molar-refractivity contribution in [1.82, 2.24) is 20.7 Å². The number of rotatable bonds is 12. The van der Waals surface area contributed by atoms with E-state index in [0.29, 0.717) is 17.5 Å². The minimum Gasteiger partial charge on any atom is -0.457 e. The van der Waals surface area contributed by atoms with E-state index in [4.69, 9.17) is 33.2 Å². The molecule has 2 N–H and O–H groups in total. The molecule has 0 spiro atoms. The van der Waals surface area contributed by atoms with E-state index in [2.05, 4.69) is 10.7 Å². The normalized spacial score (nSPS) is 32.7. The number of amides is 3. The van der Waals surface area contributed by atoms with E-state index in [1.165, 1.54) is 21.0 Å². The first-order chi connectivity index (χ1) is 32.7. The molecule has 3 aliphatic rings. The van der Waals surface area contributed by atoms with Gasteiger partial charge in [0.25, 0.3) is 5.91 Å². The Bertz CT molecular complexity index is 2190. The Kier molecular flexibility index (Phi) is 18.0. The molecule has 3 amide bonds. The lowest BCUT2D eigenvalue weighted by atomic mass is 9.73. The molecule has 3 heterocycles. The maximum Gasteiger partial charge on any atom is 0.429 e. The van der Waals surface area contributed by atoms with Crippen molar-refractivity contribution >= 4 is 41.6 Å². The van der Waals surface area contributed by atoms with Crippen molar-refractivity contribution in [2.45, 2.75) is 167 Å². The molecule has 3 saturated heterocycles. The van der Waals surface area contributed by atoms with Gasteiger partial charge < -0.3 is 43.4 Å². The van der Waals surface area contributed by atoms with Crippen LogP contribution >= 0.6 is 0 Å². The van der Waals surface area contributed by atoms with Crippen LogP contribution in [-0.4, -0.2) is 138 Å². The maximum atomic E-state index is 15.1. The van der Waals surface area contributed by atoms with Crippen molar-refractivity contribution in [3.05, 3.63) is 71.8 Å². The van der Waals surface area contributed by atoms with E-state index >= 15 is 4.79 Å². The Labute approximate surface area is 412 Å². The molecule has 2 aromatic rings. The third kappa shape index (κ3) is 12.7. The number of carbonyl (C=O) groups is 7. The zero-order chi connectivity index (χ0) is 52.0. The minimum atomic E-state index is -1.77. The summed E-state index contributed by atoms with van der Waals surface area (Å²) in [5.41, 5.74) is -0.483. The molecule has 0 bridgehead atoms. The minimum absolute atomic E-state index is 0.00253. The van der Waals surface area contributed by atoms with E-state index in [1.54, 1.807) is 116 Å². The summed E-state index contributed by atoms with van der Waals surface area (Å²) in [5.74, 6) is -7.82. The van der Waals surface area contributed by atoms with Gasteiger partial charge in [0, 0.05) is 31.3 Å². The Morgan fingerprint density at radius 3 is 2.09 bits per heavy atom. The first kappa shape index (κ1) is 55.5. The molecule has 0 radical (unpaired) electrons. The smallest absolute Gasteiger partial charge is 0.429 e. The second-order valence-corrected chi connectivity index (χ2v) is 20.7. The van der Waals surface area contributed by atoms with E-state index in [-0.39, 0.29) is 31.1 Å². The summed E-state index contributed by atoms with van der Waals surface area (Å²) in [6, 6.07) is 14.4. The van der Waals surface area contributed by atoms with E-state index < -0.39 is 119 Å². The second kappa shape index (κ2) is 22.8. The van der Waals surface area contributed by atoms with Crippen molar-refractivity contribution in [2.24, 2.45) is 23.7 Å². The molecule has 18 nitrogen and oxygen atoms in total. The molecule has 3 aliphatic heterocycles. The number of hydrogen-bond donors (Lipinski definition) is 2. The van der Waals surface area contributed by atoms with Gasteiger partial charge in [-0.05, 0) is 99.5 Å². The highest BCUT2D eigenvalue weighted by Crippen LogP contribution is 2.43. The van der Waals surface area contributed by atoms with Gasteiger partial charge in [0.2, 0.25) is 0 Å². The molecule has 2 aromatic carbocycles. The molecule has 0 aromatic heterocycles. The van der Waals surface area contributed by atoms with Gasteiger partial charge >= 0.3 is 24.1 Å². The number of cyclic esters (lactones) is 1. The van der Waals surface area contributed by atoms with Gasteiger partial charge in [0.15, 0.2) is 23.8 Å². The van der Waals surface area contributed by atoms with Gasteiger partial charge in [-0.2, -0.15) is 0 Å². The van der Waals surface area contributed by atoms with Gasteiger partial charge in [-0.15, -0.1) is 0 Å². The number of nitrogens with zero attached hydrogens (tertiary/aromatic N) is 2. The third-order valence-corrected chi connectivity index (χ3v) is 13.8. The fraction of sp³-hybridized carbons (Fsp3) is 0.635. The summed E-state index contributed by atoms with van der Waals surface area (Å²) < 4.78 is 43.5. The summed E-state index contributed by atoms with van der Waals surface area (Å²) in [4.78, 5) is 101. The number of benzene rings is 2. The zero-order valence-electron chi connectivity index (χ0n) is 43.1. The molecular formula is C52H74N4O14. The number of likely N-dealkylation sites (N-methyl/N-ethyl adjacent to an activating group) is 1. The van der Waals surface area contributed by atoms with Crippen LogP contribution in [0.15, 0.2) is 60.7 Å². The zero-order valence-corrected chi connectivity index (χ0v) is 43.1. The first-order valence-corrected chi connectivity index (χ1v) is 24.2. The van der Waals surface area contributed by atoms with Gasteiger partial charge in [0.05, 0.1) is 29.4 Å². The van der Waals surface area contributed by atoms with Crippen molar-refractivity contribution < 1.29 is 66.7 Å². The van der Waals surface area contributed by atoms with Gasteiger partial charge in [-0.3, -0.25) is 24.6 Å². The summed E-state index contributed by atoms with van der Waals surface area (Å²) >= 11 is 0. The number of nitrogens with one attached hydrogen (secondary N) is 2. The van der Waals surface area contributed by atoms with Gasteiger partial charge in [-0.1, -0.05) is 76.2 Å². The second-order valence-electron chi connectivity index (χ2n) is 20.7. The van der Waals surface area contributed by atoms with Crippen molar-refractivity contribution in [3.8, 4) is 0 Å². The number of methoxy groups -OCH3 is 1. The molecule has 386 valence electrons. The number of fused-ring (bicyclic) bond motifs is 1. The highest BCUT2D eigenvalue weighted by molar-refractivity contribution is 6.00. The highest BCUT2D eigenvalue weighted by Gasteiger charge is 2.61. The average molecular weight is 979 g/mol. The number of ether oxygens (including phenoxy) is 7. The molecule has 0 aliphatic carbocycles. The summed E-state index contributed by atoms with van der Waals surface area (Å²) in [6.45, 7) is 18.1. The maximum absolute atomic E-state index is 15.1. The van der Waals surface area contributed by atoms with E-state index in [0.717, 1.165) is 5.01 Å². The summed E-state index contributed by atoms with van der Waals surface area (Å²) in [6.07, 6.45) is -6.53. The standard InChI is InChI=1S/C52H74N4O14/c1-15-38-52(11)42(56(49(63)70-52)54-44(59)36(27-34-22-18-16-19-23-34)53-48(62)69-50(7,8)9)31(4)39(57)29(2)28-51(10,64-14)43(32(5)40(58)33(6)45(60)66-38)68-47-41(37(55(12)13)26-30(3)65-47)67-46(61)35-24-20-17-21-25-35/h16-25,29-33,36-38,41-43,47H,15,26-28H2,1-14H3,(H,53,62)(H,54,59)/t29-,30-,31+,32+,33-,36+,37+,38-,41-,42-,43-,47+,51-,52-/m1/s1.